The number of benzene rings is 2. The number of fused-ring (bicyclic) bond motifs is 1. The van der Waals surface area contributed by atoms with E-state index < -0.39 is 0 Å². The Hall–Kier alpha value is -3.65. The Labute approximate surface area is 204 Å². The molecule has 2 N–H and O–H groups in total. The van der Waals surface area contributed by atoms with Gasteiger partial charge in [-0.1, -0.05) is 6.07 Å². The van der Waals surface area contributed by atoms with Crippen molar-refractivity contribution in [2.45, 2.75) is 19.3 Å². The molecule has 35 heavy (non-hydrogen) atoms. The van der Waals surface area contributed by atoms with Gasteiger partial charge >= 0.3 is 0 Å². The summed E-state index contributed by atoms with van der Waals surface area (Å²) >= 11 is 0. The van der Waals surface area contributed by atoms with Crippen LogP contribution in [0.15, 0.2) is 54.7 Å². The van der Waals surface area contributed by atoms with E-state index in [1.807, 2.05) is 54.7 Å². The summed E-state index contributed by atoms with van der Waals surface area (Å²) in [6.07, 6.45) is 4.56. The third kappa shape index (κ3) is 5.07. The molecule has 1 unspecified atom stereocenters. The number of anilines is 2. The van der Waals surface area contributed by atoms with Crippen molar-refractivity contribution in [3.05, 3.63) is 60.3 Å². The lowest BCUT2D eigenvalue weighted by molar-refractivity contribution is -0.119. The van der Waals surface area contributed by atoms with Gasteiger partial charge in [-0.15, -0.1) is 0 Å². The number of carbonyl (C=O) groups is 3. The topological polar surface area (TPSA) is 88.8 Å². The van der Waals surface area contributed by atoms with Gasteiger partial charge < -0.3 is 20.1 Å². The Balaban J connectivity index is 1.15. The van der Waals surface area contributed by atoms with Crippen LogP contribution >= 0.6 is 0 Å². The molecule has 2 saturated heterocycles. The first-order valence-electron chi connectivity index (χ1n) is 12.2. The Morgan fingerprint density at radius 1 is 1.09 bits per heavy atom. The fourth-order valence-corrected chi connectivity index (χ4v) is 4.93. The summed E-state index contributed by atoms with van der Waals surface area (Å²) in [4.78, 5) is 46.6. The number of nitrogens with zero attached hydrogens (tertiary/aromatic N) is 3. The molecule has 2 aliphatic heterocycles. The van der Waals surface area contributed by atoms with Crippen LogP contribution < -0.4 is 15.1 Å². The molecule has 1 atom stereocenters. The highest BCUT2D eigenvalue weighted by molar-refractivity contribution is 5.99. The summed E-state index contributed by atoms with van der Waals surface area (Å²) in [6.45, 7) is 3.40. The van der Waals surface area contributed by atoms with Gasteiger partial charge in [0.2, 0.25) is 11.8 Å². The monoisotopic (exact) mass is 473 g/mol. The molecule has 3 aromatic rings. The lowest BCUT2D eigenvalue weighted by Crippen LogP contribution is -2.37. The first-order valence-corrected chi connectivity index (χ1v) is 12.2. The lowest BCUT2D eigenvalue weighted by atomic mass is 10.1. The largest absolute Gasteiger partial charge is 0.361 e. The van der Waals surface area contributed by atoms with Crippen molar-refractivity contribution in [1.82, 2.24) is 15.2 Å². The van der Waals surface area contributed by atoms with Gasteiger partial charge in [0.25, 0.3) is 5.91 Å². The second kappa shape index (κ2) is 9.92. The minimum atomic E-state index is -0.140. The summed E-state index contributed by atoms with van der Waals surface area (Å²) in [7, 11) is 1.79. The van der Waals surface area contributed by atoms with E-state index in [1.54, 1.807) is 16.8 Å². The number of nitrogens with one attached hydrogen (secondary N) is 2. The first kappa shape index (κ1) is 23.1. The summed E-state index contributed by atoms with van der Waals surface area (Å²) < 4.78 is 0. The minimum Gasteiger partial charge on any atom is -0.361 e. The Morgan fingerprint density at radius 3 is 2.63 bits per heavy atom. The maximum atomic E-state index is 12.7. The second-order valence-corrected chi connectivity index (χ2v) is 9.52. The van der Waals surface area contributed by atoms with Gasteiger partial charge in [-0.3, -0.25) is 19.3 Å². The van der Waals surface area contributed by atoms with Crippen LogP contribution in [0.25, 0.3) is 10.9 Å². The lowest BCUT2D eigenvalue weighted by Gasteiger charge is -2.22. The fraction of sp³-hybridized carbons (Fsp3) is 0.370. The van der Waals surface area contributed by atoms with Crippen molar-refractivity contribution in [3.8, 4) is 0 Å². The average molecular weight is 474 g/mol. The van der Waals surface area contributed by atoms with Crippen LogP contribution in [0.1, 0.15) is 29.6 Å². The van der Waals surface area contributed by atoms with Crippen molar-refractivity contribution >= 4 is 40.0 Å². The third-order valence-corrected chi connectivity index (χ3v) is 7.05. The SMILES string of the molecule is CN(C(=O)CN1CCCC1)c1ccc(N2CC(CNC(=O)c3ccc4cc[nH]c4c3)CC2=O)cc1. The van der Waals surface area contributed by atoms with Crippen LogP contribution in [0.4, 0.5) is 11.4 Å². The smallest absolute Gasteiger partial charge is 0.251 e. The van der Waals surface area contributed by atoms with E-state index in [1.165, 1.54) is 0 Å². The third-order valence-electron chi connectivity index (χ3n) is 7.05. The summed E-state index contributed by atoms with van der Waals surface area (Å²) in [5.41, 5.74) is 3.14. The predicted molar refractivity (Wildman–Crippen MR) is 137 cm³/mol. The molecule has 3 heterocycles. The Bertz CT molecular complexity index is 1230. The summed E-state index contributed by atoms with van der Waals surface area (Å²) in [5, 5.41) is 4.04. The number of amides is 3. The molecule has 0 spiro atoms. The van der Waals surface area contributed by atoms with E-state index in [-0.39, 0.29) is 23.6 Å². The highest BCUT2D eigenvalue weighted by Crippen LogP contribution is 2.27. The molecule has 8 nitrogen and oxygen atoms in total. The van der Waals surface area contributed by atoms with Crippen LogP contribution in [-0.4, -0.2) is 67.4 Å². The fourth-order valence-electron chi connectivity index (χ4n) is 4.93. The number of likely N-dealkylation sites (N-methyl/N-ethyl adjacent to an activating group) is 1. The van der Waals surface area contributed by atoms with Gasteiger partial charge in [-0.2, -0.15) is 0 Å². The Morgan fingerprint density at radius 2 is 1.86 bits per heavy atom. The van der Waals surface area contributed by atoms with E-state index in [2.05, 4.69) is 15.2 Å². The molecular weight excluding hydrogens is 442 g/mol. The van der Waals surface area contributed by atoms with Gasteiger partial charge in [-0.05, 0) is 73.8 Å². The van der Waals surface area contributed by atoms with Crippen molar-refractivity contribution < 1.29 is 14.4 Å². The number of H-pyrrole nitrogens is 1. The van der Waals surface area contributed by atoms with Crippen molar-refractivity contribution in [2.24, 2.45) is 5.92 Å². The molecule has 2 aromatic carbocycles. The van der Waals surface area contributed by atoms with E-state index >= 15 is 0 Å². The molecule has 0 saturated carbocycles. The molecule has 2 aliphatic rings. The highest BCUT2D eigenvalue weighted by Gasteiger charge is 2.31. The van der Waals surface area contributed by atoms with Crippen LogP contribution in [0.2, 0.25) is 0 Å². The number of hydrogen-bond donors (Lipinski definition) is 2. The predicted octanol–water partition coefficient (Wildman–Crippen LogP) is 3.01. The van der Waals surface area contributed by atoms with E-state index in [9.17, 15) is 14.4 Å². The number of carbonyl (C=O) groups excluding carboxylic acids is 3. The molecule has 0 radical (unpaired) electrons. The zero-order valence-corrected chi connectivity index (χ0v) is 20.0. The quantitative estimate of drug-likeness (QED) is 0.552. The molecular formula is C27H31N5O3. The maximum absolute atomic E-state index is 12.7. The van der Waals surface area contributed by atoms with E-state index in [4.69, 9.17) is 0 Å². The standard InChI is InChI=1S/C27H31N5O3/c1-30(26(34)18-31-12-2-3-13-31)22-6-8-23(9-7-22)32-17-19(14-25(32)33)16-29-27(35)21-5-4-20-10-11-28-24(20)15-21/h4-11,15,19,28H,2-3,12-14,16-18H2,1H3,(H,29,35). The number of rotatable bonds is 7. The molecule has 2 fully saturated rings. The summed E-state index contributed by atoms with van der Waals surface area (Å²) in [5.74, 6) is 0.0230. The Kier molecular flexibility index (Phi) is 6.55. The normalized spacial score (nSPS) is 18.4. The van der Waals surface area contributed by atoms with Gasteiger partial charge in [0.15, 0.2) is 0 Å². The highest BCUT2D eigenvalue weighted by atomic mass is 16.2. The molecule has 182 valence electrons. The number of likely N-dealkylation sites (tertiary alicyclic amines) is 1. The number of hydrogen-bond acceptors (Lipinski definition) is 4. The molecule has 8 heteroatoms. The van der Waals surface area contributed by atoms with E-state index in [0.29, 0.717) is 31.6 Å². The van der Waals surface area contributed by atoms with Gasteiger partial charge in [0, 0.05) is 61.1 Å². The average Bonchev–Trinajstić information content (AvgIpc) is 3.63. The van der Waals surface area contributed by atoms with Crippen LogP contribution in [0.3, 0.4) is 0 Å². The molecule has 0 bridgehead atoms. The second-order valence-electron chi connectivity index (χ2n) is 9.52. The maximum Gasteiger partial charge on any atom is 0.251 e. The number of aromatic amines is 1. The zero-order valence-electron chi connectivity index (χ0n) is 20.0. The van der Waals surface area contributed by atoms with Gasteiger partial charge in [0.05, 0.1) is 6.54 Å². The van der Waals surface area contributed by atoms with Gasteiger partial charge in [-0.25, -0.2) is 0 Å². The molecule has 0 aliphatic carbocycles. The molecule has 5 rings (SSSR count). The van der Waals surface area contributed by atoms with Crippen LogP contribution in [0.5, 0.6) is 0 Å². The van der Waals surface area contributed by atoms with E-state index in [0.717, 1.165) is 48.2 Å². The van der Waals surface area contributed by atoms with Crippen molar-refractivity contribution in [1.29, 1.82) is 0 Å². The van der Waals surface area contributed by atoms with Crippen LogP contribution in [0, 0.1) is 5.92 Å². The van der Waals surface area contributed by atoms with Crippen molar-refractivity contribution in [2.75, 3.05) is 49.6 Å². The van der Waals surface area contributed by atoms with Crippen molar-refractivity contribution in [3.63, 3.8) is 0 Å². The zero-order chi connectivity index (χ0) is 24.4. The van der Waals surface area contributed by atoms with Crippen LogP contribution in [-0.2, 0) is 9.59 Å². The number of aromatic nitrogens is 1. The minimum absolute atomic E-state index is 0.0447. The summed E-state index contributed by atoms with van der Waals surface area (Å²) in [6, 6.07) is 15.1. The first-order chi connectivity index (χ1) is 17.0. The van der Waals surface area contributed by atoms with Gasteiger partial charge in [0.1, 0.15) is 0 Å². The molecule has 1 aromatic heterocycles. The molecule has 3 amide bonds.